The highest BCUT2D eigenvalue weighted by Gasteiger charge is 2.08. The Morgan fingerprint density at radius 3 is 3.00 bits per heavy atom. The lowest BCUT2D eigenvalue weighted by molar-refractivity contribution is -0.137. The number of nitrogens with zero attached hydrogens (tertiary/aromatic N) is 2. The van der Waals surface area contributed by atoms with E-state index in [0.29, 0.717) is 31.0 Å². The molecule has 0 fully saturated rings. The van der Waals surface area contributed by atoms with Crippen molar-refractivity contribution >= 4 is 5.97 Å². The molecule has 6 heteroatoms. The molecule has 0 spiro atoms. The van der Waals surface area contributed by atoms with Crippen LogP contribution in [0.1, 0.15) is 36.5 Å². The molecule has 0 aliphatic rings. The second-order valence-electron chi connectivity index (χ2n) is 4.73. The molecule has 2 aromatic rings. The summed E-state index contributed by atoms with van der Waals surface area (Å²) in [6.45, 7) is 0. The molecule has 0 saturated carbocycles. The van der Waals surface area contributed by atoms with E-state index in [9.17, 15) is 4.79 Å². The second kappa shape index (κ2) is 7.42. The lowest BCUT2D eigenvalue weighted by atomic mass is 10.1. The van der Waals surface area contributed by atoms with Crippen LogP contribution in [0.5, 0.6) is 5.75 Å². The molecule has 0 bridgehead atoms. The number of aromatic nitrogens is 2. The molecule has 0 radical (unpaired) electrons. The summed E-state index contributed by atoms with van der Waals surface area (Å²) in [5.41, 5.74) is 1.05. The van der Waals surface area contributed by atoms with E-state index in [4.69, 9.17) is 14.4 Å². The van der Waals surface area contributed by atoms with E-state index in [-0.39, 0.29) is 6.42 Å². The van der Waals surface area contributed by atoms with E-state index in [1.54, 1.807) is 7.11 Å². The van der Waals surface area contributed by atoms with Gasteiger partial charge in [-0.3, -0.25) is 4.79 Å². The van der Waals surface area contributed by atoms with Crippen molar-refractivity contribution in [3.05, 3.63) is 41.5 Å². The molecule has 1 aromatic carbocycles. The Kier molecular flexibility index (Phi) is 5.31. The van der Waals surface area contributed by atoms with Crippen LogP contribution in [0, 0.1) is 0 Å². The van der Waals surface area contributed by atoms with Gasteiger partial charge in [-0.15, -0.1) is 0 Å². The van der Waals surface area contributed by atoms with Crippen LogP contribution in [-0.2, 0) is 17.6 Å². The zero-order valence-electron chi connectivity index (χ0n) is 11.9. The van der Waals surface area contributed by atoms with E-state index in [1.165, 1.54) is 0 Å². The Hall–Kier alpha value is -2.37. The van der Waals surface area contributed by atoms with Crippen LogP contribution in [0.15, 0.2) is 28.8 Å². The SMILES string of the molecule is COc1cccc(Cc2noc(CCCCC(=O)O)n2)c1. The molecule has 0 aliphatic heterocycles. The summed E-state index contributed by atoms with van der Waals surface area (Å²) in [6, 6.07) is 7.71. The molecule has 1 heterocycles. The van der Waals surface area contributed by atoms with Crippen molar-refractivity contribution in [2.24, 2.45) is 0 Å². The molecule has 2 rings (SSSR count). The van der Waals surface area contributed by atoms with E-state index >= 15 is 0 Å². The van der Waals surface area contributed by atoms with Crippen molar-refractivity contribution in [2.75, 3.05) is 7.11 Å². The van der Waals surface area contributed by atoms with Crippen molar-refractivity contribution in [1.82, 2.24) is 10.1 Å². The predicted molar refractivity (Wildman–Crippen MR) is 75.3 cm³/mol. The fourth-order valence-corrected chi connectivity index (χ4v) is 1.98. The highest BCUT2D eigenvalue weighted by Crippen LogP contribution is 2.15. The normalized spacial score (nSPS) is 10.5. The zero-order valence-corrected chi connectivity index (χ0v) is 11.9. The molecule has 0 amide bonds. The van der Waals surface area contributed by atoms with Gasteiger partial charge in [0.25, 0.3) is 0 Å². The Labute approximate surface area is 122 Å². The van der Waals surface area contributed by atoms with Gasteiger partial charge in [0.15, 0.2) is 5.82 Å². The predicted octanol–water partition coefficient (Wildman–Crippen LogP) is 2.47. The minimum absolute atomic E-state index is 0.171. The monoisotopic (exact) mass is 290 g/mol. The number of carboxylic acid groups (broad SMARTS) is 1. The second-order valence-corrected chi connectivity index (χ2v) is 4.73. The average Bonchev–Trinajstić information content (AvgIpc) is 2.91. The summed E-state index contributed by atoms with van der Waals surface area (Å²) < 4.78 is 10.3. The summed E-state index contributed by atoms with van der Waals surface area (Å²) in [6.07, 6.45) is 2.70. The molecule has 0 aliphatic carbocycles. The van der Waals surface area contributed by atoms with Gasteiger partial charge in [0.2, 0.25) is 5.89 Å². The number of aliphatic carboxylic acids is 1. The summed E-state index contributed by atoms with van der Waals surface area (Å²) in [5, 5.41) is 12.5. The van der Waals surface area contributed by atoms with Crippen molar-refractivity contribution in [3.63, 3.8) is 0 Å². The lowest BCUT2D eigenvalue weighted by Gasteiger charge is -2.01. The largest absolute Gasteiger partial charge is 0.497 e. The Morgan fingerprint density at radius 1 is 1.38 bits per heavy atom. The van der Waals surface area contributed by atoms with Gasteiger partial charge in [-0.2, -0.15) is 4.98 Å². The number of carboxylic acids is 1. The van der Waals surface area contributed by atoms with Crippen molar-refractivity contribution < 1.29 is 19.2 Å². The van der Waals surface area contributed by atoms with Gasteiger partial charge in [-0.1, -0.05) is 17.3 Å². The van der Waals surface area contributed by atoms with Crippen LogP contribution in [0.4, 0.5) is 0 Å². The molecule has 0 unspecified atom stereocenters. The van der Waals surface area contributed by atoms with Crippen molar-refractivity contribution in [3.8, 4) is 5.75 Å². The fraction of sp³-hybridized carbons (Fsp3) is 0.400. The molecule has 1 aromatic heterocycles. The first-order chi connectivity index (χ1) is 10.2. The third-order valence-corrected chi connectivity index (χ3v) is 3.04. The molecule has 6 nitrogen and oxygen atoms in total. The summed E-state index contributed by atoms with van der Waals surface area (Å²) in [5.74, 6) is 1.19. The molecule has 112 valence electrons. The highest BCUT2D eigenvalue weighted by atomic mass is 16.5. The minimum Gasteiger partial charge on any atom is -0.497 e. The maximum absolute atomic E-state index is 10.4. The number of benzene rings is 1. The van der Waals surface area contributed by atoms with Gasteiger partial charge in [-0.05, 0) is 30.5 Å². The lowest BCUT2D eigenvalue weighted by Crippen LogP contribution is -1.95. The van der Waals surface area contributed by atoms with Gasteiger partial charge >= 0.3 is 5.97 Å². The number of rotatable bonds is 8. The summed E-state index contributed by atoms with van der Waals surface area (Å²) >= 11 is 0. The Morgan fingerprint density at radius 2 is 2.24 bits per heavy atom. The molecule has 0 atom stereocenters. The van der Waals surface area contributed by atoms with Crippen LogP contribution in [-0.4, -0.2) is 28.3 Å². The average molecular weight is 290 g/mol. The molecular formula is C15H18N2O4. The molecule has 1 N–H and O–H groups in total. The third-order valence-electron chi connectivity index (χ3n) is 3.04. The van der Waals surface area contributed by atoms with E-state index in [2.05, 4.69) is 10.1 Å². The topological polar surface area (TPSA) is 85.5 Å². The quantitative estimate of drug-likeness (QED) is 0.752. The zero-order chi connectivity index (χ0) is 15.1. The van der Waals surface area contributed by atoms with Crippen LogP contribution in [0.2, 0.25) is 0 Å². The smallest absolute Gasteiger partial charge is 0.303 e. The van der Waals surface area contributed by atoms with Gasteiger partial charge in [0.1, 0.15) is 5.75 Å². The minimum atomic E-state index is -0.778. The summed E-state index contributed by atoms with van der Waals surface area (Å²) in [7, 11) is 1.63. The molecule has 0 saturated heterocycles. The van der Waals surface area contributed by atoms with E-state index < -0.39 is 5.97 Å². The third kappa shape index (κ3) is 4.91. The first kappa shape index (κ1) is 15.0. The number of methoxy groups -OCH3 is 1. The van der Waals surface area contributed by atoms with Crippen molar-refractivity contribution in [1.29, 1.82) is 0 Å². The Bertz CT molecular complexity index is 595. The number of carbonyl (C=O) groups is 1. The maximum atomic E-state index is 10.4. The standard InChI is InChI=1S/C15H18N2O4/c1-20-12-6-4-5-11(9-12)10-13-16-14(21-17-13)7-2-3-8-15(18)19/h4-6,9H,2-3,7-8,10H2,1H3,(H,18,19). The number of ether oxygens (including phenoxy) is 1. The number of hydrogen-bond donors (Lipinski definition) is 1. The van der Waals surface area contributed by atoms with Crippen LogP contribution < -0.4 is 4.74 Å². The van der Waals surface area contributed by atoms with Gasteiger partial charge in [-0.25, -0.2) is 0 Å². The van der Waals surface area contributed by atoms with Gasteiger partial charge < -0.3 is 14.4 Å². The number of hydrogen-bond acceptors (Lipinski definition) is 5. The van der Waals surface area contributed by atoms with Gasteiger partial charge in [0, 0.05) is 19.3 Å². The fourth-order valence-electron chi connectivity index (χ4n) is 1.98. The maximum Gasteiger partial charge on any atom is 0.303 e. The molecule has 21 heavy (non-hydrogen) atoms. The van der Waals surface area contributed by atoms with Crippen LogP contribution in [0.3, 0.4) is 0 Å². The number of aryl methyl sites for hydroxylation is 1. The first-order valence-corrected chi connectivity index (χ1v) is 6.83. The first-order valence-electron chi connectivity index (χ1n) is 6.83. The Balaban J connectivity index is 1.86. The van der Waals surface area contributed by atoms with Crippen LogP contribution >= 0.6 is 0 Å². The summed E-state index contributed by atoms with van der Waals surface area (Å²) in [4.78, 5) is 14.7. The van der Waals surface area contributed by atoms with Crippen LogP contribution in [0.25, 0.3) is 0 Å². The van der Waals surface area contributed by atoms with Crippen molar-refractivity contribution in [2.45, 2.75) is 32.1 Å². The van der Waals surface area contributed by atoms with Gasteiger partial charge in [0.05, 0.1) is 7.11 Å². The van der Waals surface area contributed by atoms with E-state index in [0.717, 1.165) is 17.7 Å². The van der Waals surface area contributed by atoms with E-state index in [1.807, 2.05) is 24.3 Å². The highest BCUT2D eigenvalue weighted by molar-refractivity contribution is 5.66. The molecular weight excluding hydrogens is 272 g/mol. The number of unbranched alkanes of at least 4 members (excludes halogenated alkanes) is 1.